The Kier molecular flexibility index (Phi) is 6.48. The first-order valence-corrected chi connectivity index (χ1v) is 12.9. The van der Waals surface area contributed by atoms with E-state index < -0.39 is 24.4 Å². The molecule has 36 heavy (non-hydrogen) atoms. The molecule has 2 N–H and O–H groups in total. The largest absolute Gasteiger partial charge is 0.406 e. The minimum Gasteiger partial charge on any atom is -0.376 e. The maximum absolute atomic E-state index is 15.0. The second-order valence-electron chi connectivity index (χ2n) is 10.1. The monoisotopic (exact) mass is 523 g/mol. The number of carbonyl (C=O) groups excluding carboxylic acids is 1. The van der Waals surface area contributed by atoms with Gasteiger partial charge in [0.25, 0.3) is 0 Å². The SMILES string of the molecule is CN1CC[C@@](C)(Nc2cccc3c2cc(-c2ncc(CNC(=O)C4CC4)s2)n3CC(F)(F)F)[C@@H](F)C1. The van der Waals surface area contributed by atoms with Crippen molar-refractivity contribution in [2.24, 2.45) is 5.92 Å². The lowest BCUT2D eigenvalue weighted by Crippen LogP contribution is -2.55. The zero-order valence-corrected chi connectivity index (χ0v) is 21.0. The summed E-state index contributed by atoms with van der Waals surface area (Å²) in [5.74, 6) is 0.0772. The highest BCUT2D eigenvalue weighted by Crippen LogP contribution is 2.38. The highest BCUT2D eigenvalue weighted by Gasteiger charge is 2.39. The van der Waals surface area contributed by atoms with E-state index >= 15 is 4.39 Å². The molecule has 0 radical (unpaired) electrons. The fourth-order valence-corrected chi connectivity index (χ4v) is 5.56. The standard InChI is InChI=1S/C25H29F4N5OS/c1-24(8-9-33(2)13-21(24)26)32-18-4-3-5-19-17(18)10-20(34(19)14-25(27,28)29)23-31-12-16(36-23)11-30-22(35)15-6-7-15/h3-5,10,12,15,21,32H,6-9,11,13-14H2,1-2H3,(H,30,35)/t21-,24+/m0/s1. The zero-order valence-electron chi connectivity index (χ0n) is 20.2. The Hall–Kier alpha value is -2.66. The maximum atomic E-state index is 15.0. The van der Waals surface area contributed by atoms with Gasteiger partial charge in [0.05, 0.1) is 23.3 Å². The van der Waals surface area contributed by atoms with Gasteiger partial charge >= 0.3 is 6.18 Å². The van der Waals surface area contributed by atoms with Gasteiger partial charge in [0.1, 0.15) is 17.7 Å². The predicted molar refractivity (Wildman–Crippen MR) is 133 cm³/mol. The number of aromatic nitrogens is 2. The Labute approximate surface area is 210 Å². The van der Waals surface area contributed by atoms with Gasteiger partial charge in [-0.15, -0.1) is 11.3 Å². The fourth-order valence-electron chi connectivity index (χ4n) is 4.69. The number of likely N-dealkylation sites (tertiary alicyclic amines) is 1. The number of alkyl halides is 4. The third-order valence-corrected chi connectivity index (χ3v) is 8.06. The molecule has 0 unspecified atom stereocenters. The van der Waals surface area contributed by atoms with Gasteiger partial charge in [-0.05, 0) is 51.4 Å². The number of anilines is 1. The Morgan fingerprint density at radius 2 is 2.08 bits per heavy atom. The fraction of sp³-hybridized carbons (Fsp3) is 0.520. The number of rotatable bonds is 7. The topological polar surface area (TPSA) is 62.2 Å². The molecule has 2 aliphatic rings. The summed E-state index contributed by atoms with van der Waals surface area (Å²) >= 11 is 1.26. The Bertz CT molecular complexity index is 1270. The molecule has 1 saturated carbocycles. The van der Waals surface area contributed by atoms with Crippen molar-refractivity contribution in [3.05, 3.63) is 35.3 Å². The van der Waals surface area contributed by atoms with Crippen LogP contribution >= 0.6 is 11.3 Å². The van der Waals surface area contributed by atoms with Gasteiger partial charge in [-0.3, -0.25) is 4.79 Å². The number of fused-ring (bicyclic) bond motifs is 1. The number of piperidine rings is 1. The van der Waals surface area contributed by atoms with E-state index in [4.69, 9.17) is 0 Å². The van der Waals surface area contributed by atoms with Crippen molar-refractivity contribution in [3.63, 3.8) is 0 Å². The summed E-state index contributed by atoms with van der Waals surface area (Å²) in [7, 11) is 1.87. The Balaban J connectivity index is 1.49. The summed E-state index contributed by atoms with van der Waals surface area (Å²) in [4.78, 5) is 19.0. The predicted octanol–water partition coefficient (Wildman–Crippen LogP) is 5.20. The van der Waals surface area contributed by atoms with Crippen LogP contribution in [0.4, 0.5) is 23.2 Å². The van der Waals surface area contributed by atoms with E-state index in [0.717, 1.165) is 24.3 Å². The molecule has 11 heteroatoms. The third-order valence-electron chi connectivity index (χ3n) is 7.04. The molecule has 0 spiro atoms. The number of nitrogens with one attached hydrogen (secondary N) is 2. The van der Waals surface area contributed by atoms with Crippen LogP contribution in [-0.2, 0) is 17.9 Å². The average molecular weight is 524 g/mol. The zero-order chi connectivity index (χ0) is 25.7. The van der Waals surface area contributed by atoms with E-state index in [1.807, 2.05) is 18.9 Å². The summed E-state index contributed by atoms with van der Waals surface area (Å²) < 4.78 is 57.1. The van der Waals surface area contributed by atoms with Gasteiger partial charge in [-0.1, -0.05) is 6.07 Å². The number of benzene rings is 1. The van der Waals surface area contributed by atoms with Crippen LogP contribution < -0.4 is 10.6 Å². The van der Waals surface area contributed by atoms with Crippen LogP contribution in [0.15, 0.2) is 30.5 Å². The van der Waals surface area contributed by atoms with Gasteiger partial charge in [0, 0.05) is 41.2 Å². The molecule has 1 amide bonds. The molecule has 1 aromatic carbocycles. The van der Waals surface area contributed by atoms with Crippen molar-refractivity contribution in [3.8, 4) is 10.7 Å². The first-order valence-electron chi connectivity index (χ1n) is 12.0. The highest BCUT2D eigenvalue weighted by atomic mass is 32.1. The molecule has 194 valence electrons. The van der Waals surface area contributed by atoms with Crippen molar-refractivity contribution in [1.82, 2.24) is 19.8 Å². The lowest BCUT2D eigenvalue weighted by atomic mass is 9.87. The lowest BCUT2D eigenvalue weighted by Gasteiger charge is -2.42. The van der Waals surface area contributed by atoms with Gasteiger partial charge in [-0.25, -0.2) is 9.37 Å². The molecular formula is C25H29F4N5OS. The quantitative estimate of drug-likeness (QED) is 0.418. The van der Waals surface area contributed by atoms with Crippen molar-refractivity contribution in [1.29, 1.82) is 0 Å². The molecule has 2 aromatic heterocycles. The minimum absolute atomic E-state index is 0.000389. The maximum Gasteiger partial charge on any atom is 0.406 e. The number of amides is 1. The van der Waals surface area contributed by atoms with Crippen molar-refractivity contribution < 1.29 is 22.4 Å². The summed E-state index contributed by atoms with van der Waals surface area (Å²) in [6.07, 6.45) is -1.61. The van der Waals surface area contributed by atoms with E-state index in [1.54, 1.807) is 30.5 Å². The van der Waals surface area contributed by atoms with Crippen molar-refractivity contribution >= 4 is 33.8 Å². The van der Waals surface area contributed by atoms with Crippen LogP contribution in [0.1, 0.15) is 31.1 Å². The van der Waals surface area contributed by atoms with Crippen molar-refractivity contribution in [2.45, 2.75) is 57.2 Å². The Morgan fingerprint density at radius 1 is 1.31 bits per heavy atom. The molecule has 1 saturated heterocycles. The van der Waals surface area contributed by atoms with Crippen LogP contribution in [0, 0.1) is 5.92 Å². The number of halogens is 4. The molecule has 6 nitrogen and oxygen atoms in total. The van der Waals surface area contributed by atoms with Gasteiger partial charge in [0.15, 0.2) is 0 Å². The summed E-state index contributed by atoms with van der Waals surface area (Å²) in [6.45, 7) is 1.96. The van der Waals surface area contributed by atoms with E-state index in [-0.39, 0.29) is 11.8 Å². The van der Waals surface area contributed by atoms with Gasteiger partial charge in [0.2, 0.25) is 5.91 Å². The summed E-state index contributed by atoms with van der Waals surface area (Å²) in [6, 6.07) is 6.80. The second kappa shape index (κ2) is 9.33. The minimum atomic E-state index is -4.44. The first-order chi connectivity index (χ1) is 17.0. The number of thiazole rings is 1. The number of hydrogen-bond donors (Lipinski definition) is 2. The molecule has 2 atom stereocenters. The van der Waals surface area contributed by atoms with E-state index in [2.05, 4.69) is 15.6 Å². The second-order valence-corrected chi connectivity index (χ2v) is 11.2. The normalized spacial score (nSPS) is 23.2. The van der Waals surface area contributed by atoms with Crippen LogP contribution in [0.25, 0.3) is 21.6 Å². The summed E-state index contributed by atoms with van der Waals surface area (Å²) in [5.41, 5.74) is 0.504. The van der Waals surface area contributed by atoms with Crippen LogP contribution in [0.5, 0.6) is 0 Å². The molecule has 0 bridgehead atoms. The lowest BCUT2D eigenvalue weighted by molar-refractivity contribution is -0.139. The van der Waals surface area contributed by atoms with Crippen LogP contribution in [-0.4, -0.2) is 58.4 Å². The van der Waals surface area contributed by atoms with Crippen LogP contribution in [0.2, 0.25) is 0 Å². The van der Waals surface area contributed by atoms with Crippen molar-refractivity contribution in [2.75, 3.05) is 25.5 Å². The smallest absolute Gasteiger partial charge is 0.376 e. The first kappa shape index (κ1) is 25.0. The van der Waals surface area contributed by atoms with Gasteiger partial charge in [-0.2, -0.15) is 13.2 Å². The molecule has 3 aromatic rings. The van der Waals surface area contributed by atoms with E-state index in [1.165, 1.54) is 15.9 Å². The van der Waals surface area contributed by atoms with E-state index in [9.17, 15) is 18.0 Å². The van der Waals surface area contributed by atoms with Crippen LogP contribution in [0.3, 0.4) is 0 Å². The van der Waals surface area contributed by atoms with Gasteiger partial charge < -0.3 is 20.1 Å². The number of carbonyl (C=O) groups is 1. The summed E-state index contributed by atoms with van der Waals surface area (Å²) in [5, 5.41) is 7.21. The molecule has 5 rings (SSSR count). The average Bonchev–Trinajstić information content (AvgIpc) is 3.45. The molecule has 3 heterocycles. The number of hydrogen-bond acceptors (Lipinski definition) is 5. The molecule has 1 aliphatic heterocycles. The van der Waals surface area contributed by atoms with E-state index in [0.29, 0.717) is 46.8 Å². The molecule has 1 aliphatic carbocycles. The number of nitrogens with zero attached hydrogens (tertiary/aromatic N) is 3. The molecule has 2 fully saturated rings. The Morgan fingerprint density at radius 3 is 2.78 bits per heavy atom. The molecular weight excluding hydrogens is 494 g/mol. The highest BCUT2D eigenvalue weighted by molar-refractivity contribution is 7.15. The third kappa shape index (κ3) is 5.22.